The average Bonchev–Trinajstić information content (AvgIpc) is 2.98. The van der Waals surface area contributed by atoms with E-state index >= 15 is 0 Å². The molecule has 1 aromatic carbocycles. The third-order valence-corrected chi connectivity index (χ3v) is 4.45. The normalized spacial score (nSPS) is 21.9. The van der Waals surface area contributed by atoms with Crippen molar-refractivity contribution in [3.63, 3.8) is 0 Å². The van der Waals surface area contributed by atoms with E-state index in [1.54, 1.807) is 25.1 Å². The molecule has 138 valence electrons. The molecule has 8 heteroatoms. The first-order valence-corrected chi connectivity index (χ1v) is 7.93. The standard InChI is InChI=1S/C17H20F3NO4/c1-3-13(25-12-6-4-5-11(2)9-12)14(22)21-8-7-16(10-21,15(23)24)17(18,19)20/h4-6,9,13H,3,7-8,10H2,1-2H3,(H,23,24). The molecular formula is C17H20F3NO4. The summed E-state index contributed by atoms with van der Waals surface area (Å²) in [4.78, 5) is 24.7. The maximum Gasteiger partial charge on any atom is 0.406 e. The number of aryl methyl sites for hydroxylation is 1. The quantitative estimate of drug-likeness (QED) is 0.878. The number of likely N-dealkylation sites (tertiary alicyclic amines) is 1. The fraction of sp³-hybridized carbons (Fsp3) is 0.529. The van der Waals surface area contributed by atoms with Crippen molar-refractivity contribution in [3.8, 4) is 5.75 Å². The third-order valence-electron chi connectivity index (χ3n) is 4.45. The maximum atomic E-state index is 13.2. The van der Waals surface area contributed by atoms with Gasteiger partial charge in [-0.25, -0.2) is 0 Å². The number of ether oxygens (including phenoxy) is 1. The fourth-order valence-electron chi connectivity index (χ4n) is 2.89. The van der Waals surface area contributed by atoms with Gasteiger partial charge in [0.1, 0.15) is 5.75 Å². The number of nitrogens with zero attached hydrogens (tertiary/aromatic N) is 1. The van der Waals surface area contributed by atoms with Crippen LogP contribution in [0.2, 0.25) is 0 Å². The van der Waals surface area contributed by atoms with Crippen molar-refractivity contribution >= 4 is 11.9 Å². The van der Waals surface area contributed by atoms with Gasteiger partial charge in [0.05, 0.1) is 0 Å². The summed E-state index contributed by atoms with van der Waals surface area (Å²) in [6, 6.07) is 6.97. The third kappa shape index (κ3) is 3.72. The van der Waals surface area contributed by atoms with Gasteiger partial charge in [0, 0.05) is 13.1 Å². The fourth-order valence-corrected chi connectivity index (χ4v) is 2.89. The van der Waals surface area contributed by atoms with Gasteiger partial charge in [-0.3, -0.25) is 9.59 Å². The summed E-state index contributed by atoms with van der Waals surface area (Å²) in [6.45, 7) is 2.37. The molecule has 2 unspecified atom stereocenters. The molecule has 2 atom stereocenters. The van der Waals surface area contributed by atoms with Crippen LogP contribution in [-0.2, 0) is 9.59 Å². The number of alkyl halides is 3. The summed E-state index contributed by atoms with van der Waals surface area (Å²) in [5.41, 5.74) is -1.99. The summed E-state index contributed by atoms with van der Waals surface area (Å²) in [6.07, 6.45) is -6.28. The van der Waals surface area contributed by atoms with Crippen molar-refractivity contribution in [1.82, 2.24) is 4.90 Å². The molecule has 1 aliphatic rings. The monoisotopic (exact) mass is 359 g/mol. The molecule has 0 spiro atoms. The molecule has 1 amide bonds. The molecule has 0 aromatic heterocycles. The number of hydrogen-bond acceptors (Lipinski definition) is 3. The number of halogens is 3. The second-order valence-corrected chi connectivity index (χ2v) is 6.23. The van der Waals surface area contributed by atoms with Gasteiger partial charge in [0.25, 0.3) is 5.91 Å². The Morgan fingerprint density at radius 2 is 2.08 bits per heavy atom. The number of carboxylic acid groups (broad SMARTS) is 1. The lowest BCUT2D eigenvalue weighted by atomic mass is 9.86. The Bertz CT molecular complexity index is 662. The van der Waals surface area contributed by atoms with Crippen LogP contribution in [0.4, 0.5) is 13.2 Å². The zero-order valence-electron chi connectivity index (χ0n) is 14.0. The minimum atomic E-state index is -4.92. The van der Waals surface area contributed by atoms with Crippen molar-refractivity contribution < 1.29 is 32.6 Å². The van der Waals surface area contributed by atoms with E-state index in [9.17, 15) is 22.8 Å². The molecule has 0 bridgehead atoms. The predicted octanol–water partition coefficient (Wildman–Crippen LogP) is 3.02. The number of benzene rings is 1. The largest absolute Gasteiger partial charge is 0.481 e. The van der Waals surface area contributed by atoms with Gasteiger partial charge >= 0.3 is 12.1 Å². The zero-order chi connectivity index (χ0) is 18.8. The number of amides is 1. The molecule has 5 nitrogen and oxygen atoms in total. The molecule has 0 aliphatic carbocycles. The number of carbonyl (C=O) groups excluding carboxylic acids is 1. The highest BCUT2D eigenvalue weighted by Crippen LogP contribution is 2.45. The van der Waals surface area contributed by atoms with E-state index in [0.717, 1.165) is 10.5 Å². The molecular weight excluding hydrogens is 339 g/mol. The summed E-state index contributed by atoms with van der Waals surface area (Å²) in [5, 5.41) is 9.07. The van der Waals surface area contributed by atoms with E-state index in [-0.39, 0.29) is 13.0 Å². The number of carboxylic acids is 1. The highest BCUT2D eigenvalue weighted by molar-refractivity contribution is 5.84. The van der Waals surface area contributed by atoms with Crippen LogP contribution >= 0.6 is 0 Å². The maximum absolute atomic E-state index is 13.2. The van der Waals surface area contributed by atoms with Gasteiger partial charge in [0.15, 0.2) is 11.5 Å². The summed E-state index contributed by atoms with van der Waals surface area (Å²) in [5.74, 6) is -2.14. The van der Waals surface area contributed by atoms with E-state index < -0.39 is 42.5 Å². The lowest BCUT2D eigenvalue weighted by Gasteiger charge is -2.28. The molecule has 1 fully saturated rings. The van der Waals surface area contributed by atoms with Crippen LogP contribution in [0.1, 0.15) is 25.3 Å². The highest BCUT2D eigenvalue weighted by atomic mass is 19.4. The van der Waals surface area contributed by atoms with Crippen LogP contribution < -0.4 is 4.74 Å². The van der Waals surface area contributed by atoms with Crippen LogP contribution in [0.5, 0.6) is 5.75 Å². The van der Waals surface area contributed by atoms with E-state index in [0.29, 0.717) is 5.75 Å². The summed E-state index contributed by atoms with van der Waals surface area (Å²) < 4.78 is 45.3. The smallest absolute Gasteiger partial charge is 0.406 e. The minimum Gasteiger partial charge on any atom is -0.481 e. The number of carbonyl (C=O) groups is 2. The van der Waals surface area contributed by atoms with E-state index in [1.165, 1.54) is 0 Å². The zero-order valence-corrected chi connectivity index (χ0v) is 14.0. The number of aliphatic carboxylic acids is 1. The Morgan fingerprint density at radius 1 is 1.40 bits per heavy atom. The van der Waals surface area contributed by atoms with Crippen molar-refractivity contribution in [2.75, 3.05) is 13.1 Å². The second-order valence-electron chi connectivity index (χ2n) is 6.23. The van der Waals surface area contributed by atoms with Gasteiger partial charge in [-0.1, -0.05) is 19.1 Å². The summed E-state index contributed by atoms with van der Waals surface area (Å²) >= 11 is 0. The van der Waals surface area contributed by atoms with E-state index in [2.05, 4.69) is 0 Å². The van der Waals surface area contributed by atoms with E-state index in [4.69, 9.17) is 9.84 Å². The van der Waals surface area contributed by atoms with Gasteiger partial charge < -0.3 is 14.7 Å². The van der Waals surface area contributed by atoms with Gasteiger partial charge in [0.2, 0.25) is 0 Å². The Morgan fingerprint density at radius 3 is 2.56 bits per heavy atom. The highest BCUT2D eigenvalue weighted by Gasteiger charge is 2.64. The molecule has 1 saturated heterocycles. The lowest BCUT2D eigenvalue weighted by molar-refractivity contribution is -0.227. The Kier molecular flexibility index (Phi) is 5.29. The van der Waals surface area contributed by atoms with Crippen LogP contribution in [0.25, 0.3) is 0 Å². The van der Waals surface area contributed by atoms with Crippen LogP contribution in [0.3, 0.4) is 0 Å². The predicted molar refractivity (Wildman–Crippen MR) is 83.2 cm³/mol. The van der Waals surface area contributed by atoms with Crippen LogP contribution in [0.15, 0.2) is 24.3 Å². The molecule has 2 rings (SSSR count). The van der Waals surface area contributed by atoms with Crippen molar-refractivity contribution in [1.29, 1.82) is 0 Å². The summed E-state index contributed by atoms with van der Waals surface area (Å²) in [7, 11) is 0. The molecule has 1 heterocycles. The first kappa shape index (κ1) is 19.1. The second kappa shape index (κ2) is 6.93. The van der Waals surface area contributed by atoms with Gasteiger partial charge in [-0.2, -0.15) is 13.2 Å². The molecule has 0 saturated carbocycles. The molecule has 25 heavy (non-hydrogen) atoms. The first-order valence-electron chi connectivity index (χ1n) is 7.93. The topological polar surface area (TPSA) is 66.8 Å². The Balaban J connectivity index is 2.15. The van der Waals surface area contributed by atoms with Crippen molar-refractivity contribution in [2.24, 2.45) is 5.41 Å². The molecule has 1 N–H and O–H groups in total. The molecule has 1 aromatic rings. The average molecular weight is 359 g/mol. The Hall–Kier alpha value is -2.25. The van der Waals surface area contributed by atoms with Crippen LogP contribution in [-0.4, -0.2) is 47.3 Å². The molecule has 1 aliphatic heterocycles. The van der Waals surface area contributed by atoms with Gasteiger partial charge in [-0.15, -0.1) is 0 Å². The first-order chi connectivity index (χ1) is 11.6. The lowest BCUT2D eigenvalue weighted by Crippen LogP contribution is -2.49. The van der Waals surface area contributed by atoms with Crippen molar-refractivity contribution in [3.05, 3.63) is 29.8 Å². The van der Waals surface area contributed by atoms with Crippen LogP contribution in [0, 0.1) is 12.3 Å². The minimum absolute atomic E-state index is 0.259. The molecule has 0 radical (unpaired) electrons. The number of rotatable bonds is 5. The Labute approximate surface area is 143 Å². The SMILES string of the molecule is CCC(Oc1cccc(C)c1)C(=O)N1CCC(C(=O)O)(C(F)(F)F)C1. The number of hydrogen-bond donors (Lipinski definition) is 1. The van der Waals surface area contributed by atoms with E-state index in [1.807, 2.05) is 13.0 Å². The van der Waals surface area contributed by atoms with Crippen molar-refractivity contribution in [2.45, 2.75) is 39.0 Å². The van der Waals surface area contributed by atoms with Gasteiger partial charge in [-0.05, 0) is 37.5 Å².